The summed E-state index contributed by atoms with van der Waals surface area (Å²) in [4.78, 5) is 0. The smallest absolute Gasteiger partial charge is 0.490 e. The highest BCUT2D eigenvalue weighted by molar-refractivity contribution is 6.74. The monoisotopic (exact) mass is 215 g/mol. The molecule has 0 N–H and O–H groups in total. The Morgan fingerprint density at radius 2 is 1.93 bits per heavy atom. The number of rotatable bonds is 1. The van der Waals surface area contributed by atoms with Crippen LogP contribution in [-0.2, 0) is 6.42 Å². The lowest BCUT2D eigenvalue weighted by molar-refractivity contribution is 0.139. The molecule has 0 saturated heterocycles. The molecule has 0 saturated carbocycles. The third kappa shape index (κ3) is 1.83. The van der Waals surface area contributed by atoms with Crippen LogP contribution in [0.25, 0.3) is 0 Å². The maximum Gasteiger partial charge on any atom is 0.513 e. The Labute approximate surface area is 86.3 Å². The van der Waals surface area contributed by atoms with E-state index < -0.39 is 18.0 Å². The Balaban J connectivity index is 2.51. The van der Waals surface area contributed by atoms with Gasteiger partial charge in [-0.05, 0) is 19.4 Å². The Hall–Kier alpha value is -1.13. The Kier molecular flexibility index (Phi) is 2.03. The van der Waals surface area contributed by atoms with E-state index in [1.54, 1.807) is 19.9 Å². The van der Waals surface area contributed by atoms with Gasteiger partial charge in [0, 0.05) is 6.42 Å². The zero-order chi connectivity index (χ0) is 11.3. The maximum atomic E-state index is 12.7. The summed E-state index contributed by atoms with van der Waals surface area (Å²) >= 11 is 0. The first-order valence-electron chi connectivity index (χ1n) is 4.80. The van der Waals surface area contributed by atoms with Gasteiger partial charge in [0.05, 0.1) is 5.75 Å². The van der Waals surface area contributed by atoms with E-state index in [1.807, 2.05) is 0 Å². The molecular weight excluding hydrogens is 204 g/mol. The van der Waals surface area contributed by atoms with E-state index in [0.29, 0.717) is 12.0 Å². The average molecular weight is 215 g/mol. The van der Waals surface area contributed by atoms with Gasteiger partial charge >= 0.3 is 6.98 Å². The molecule has 1 aliphatic heterocycles. The molecule has 0 unspecified atom stereocenters. The molecule has 0 bridgehead atoms. The fourth-order valence-corrected chi connectivity index (χ4v) is 1.90. The average Bonchev–Trinajstić information content (AvgIpc) is 2.35. The first kappa shape index (κ1) is 10.4. The van der Waals surface area contributed by atoms with Crippen LogP contribution in [0.1, 0.15) is 19.4 Å². The van der Waals surface area contributed by atoms with E-state index in [-0.39, 0.29) is 5.75 Å². The van der Waals surface area contributed by atoms with Gasteiger partial charge in [-0.15, -0.1) is 0 Å². The number of ether oxygens (including phenoxy) is 1. The third-order valence-electron chi connectivity index (χ3n) is 2.47. The second-order valence-electron chi connectivity index (χ2n) is 4.45. The van der Waals surface area contributed by atoms with Gasteiger partial charge in [-0.25, -0.2) is 0 Å². The van der Waals surface area contributed by atoms with E-state index in [2.05, 4.69) is 0 Å². The van der Waals surface area contributed by atoms with Gasteiger partial charge in [0.1, 0.15) is 5.60 Å². The molecule has 0 radical (unpaired) electrons. The van der Waals surface area contributed by atoms with E-state index in [1.165, 1.54) is 6.07 Å². The first-order valence-corrected chi connectivity index (χ1v) is 4.80. The van der Waals surface area contributed by atoms with Crippen molar-refractivity contribution in [2.24, 2.45) is 0 Å². The molecule has 82 valence electrons. The minimum absolute atomic E-state index is 0.0231. The van der Waals surface area contributed by atoms with Crippen LogP contribution >= 0.6 is 0 Å². The van der Waals surface area contributed by atoms with E-state index in [9.17, 15) is 12.9 Å². The van der Waals surface area contributed by atoms with Crippen molar-refractivity contribution in [2.45, 2.75) is 25.9 Å². The summed E-state index contributed by atoms with van der Waals surface area (Å²) in [7, 11) is 0. The van der Waals surface area contributed by atoms with Gasteiger partial charge in [-0.3, -0.25) is 0 Å². The standard InChI is InChI=1S/C10H11BF3O/c1-10(2)6-7-4-3-5-8(9(7)15-10)11(12,13)14/h3-5H,6H2,1-2H3/q-1. The third-order valence-corrected chi connectivity index (χ3v) is 2.47. The normalized spacial score (nSPS) is 18.5. The lowest BCUT2D eigenvalue weighted by atomic mass is 9.78. The number of benzene rings is 1. The summed E-state index contributed by atoms with van der Waals surface area (Å²) in [6, 6.07) is 4.21. The first-order chi connectivity index (χ1) is 6.80. The quantitative estimate of drug-likeness (QED) is 0.653. The second kappa shape index (κ2) is 2.93. The van der Waals surface area contributed by atoms with E-state index in [4.69, 9.17) is 4.74 Å². The molecule has 1 aromatic carbocycles. The SMILES string of the molecule is CC1(C)Cc2cccc([B-](F)(F)F)c2O1. The molecule has 15 heavy (non-hydrogen) atoms. The van der Waals surface area contributed by atoms with Gasteiger partial charge in [0.15, 0.2) is 0 Å². The second-order valence-corrected chi connectivity index (χ2v) is 4.45. The predicted octanol–water partition coefficient (Wildman–Crippen LogP) is 2.45. The minimum atomic E-state index is -4.99. The molecule has 0 spiro atoms. The lowest BCUT2D eigenvalue weighted by Gasteiger charge is -2.22. The summed E-state index contributed by atoms with van der Waals surface area (Å²) < 4.78 is 43.4. The molecule has 1 nitrogen and oxygen atoms in total. The van der Waals surface area contributed by atoms with Gasteiger partial charge in [-0.1, -0.05) is 23.7 Å². The maximum absolute atomic E-state index is 12.7. The molecule has 1 aromatic rings. The van der Waals surface area contributed by atoms with Crippen molar-refractivity contribution < 1.29 is 17.7 Å². The molecule has 1 heterocycles. The molecule has 0 aliphatic carbocycles. The molecule has 5 heteroatoms. The van der Waals surface area contributed by atoms with Crippen molar-refractivity contribution in [1.29, 1.82) is 0 Å². The van der Waals surface area contributed by atoms with Crippen molar-refractivity contribution in [2.75, 3.05) is 0 Å². The van der Waals surface area contributed by atoms with Crippen LogP contribution in [0.4, 0.5) is 12.9 Å². The summed E-state index contributed by atoms with van der Waals surface area (Å²) in [6.07, 6.45) is 0.530. The van der Waals surface area contributed by atoms with Gasteiger partial charge in [0.25, 0.3) is 0 Å². The van der Waals surface area contributed by atoms with Crippen LogP contribution in [0.3, 0.4) is 0 Å². The van der Waals surface area contributed by atoms with Crippen LogP contribution in [0, 0.1) is 0 Å². The molecule has 0 atom stereocenters. The van der Waals surface area contributed by atoms with Crippen molar-refractivity contribution in [3.05, 3.63) is 23.8 Å². The molecule has 1 aliphatic rings. The number of halogens is 3. The Morgan fingerprint density at radius 3 is 2.53 bits per heavy atom. The van der Waals surface area contributed by atoms with Crippen LogP contribution in [0.5, 0.6) is 5.75 Å². The fourth-order valence-electron chi connectivity index (χ4n) is 1.90. The van der Waals surface area contributed by atoms with Gasteiger partial charge < -0.3 is 17.7 Å². The van der Waals surface area contributed by atoms with E-state index >= 15 is 0 Å². The summed E-state index contributed by atoms with van der Waals surface area (Å²) in [5, 5.41) is 0. The molecular formula is C10H11BF3O-. The topological polar surface area (TPSA) is 9.23 Å². The lowest BCUT2D eigenvalue weighted by Crippen LogP contribution is -2.36. The highest BCUT2D eigenvalue weighted by Crippen LogP contribution is 2.35. The summed E-state index contributed by atoms with van der Waals surface area (Å²) in [5.41, 5.74) is -0.491. The minimum Gasteiger partial charge on any atom is -0.490 e. The summed E-state index contributed by atoms with van der Waals surface area (Å²) in [6.45, 7) is -1.40. The largest absolute Gasteiger partial charge is 0.513 e. The van der Waals surface area contributed by atoms with Crippen molar-refractivity contribution in [1.82, 2.24) is 0 Å². The van der Waals surface area contributed by atoms with Gasteiger partial charge in [-0.2, -0.15) is 0 Å². The van der Waals surface area contributed by atoms with E-state index in [0.717, 1.165) is 6.07 Å². The predicted molar refractivity (Wildman–Crippen MR) is 53.6 cm³/mol. The van der Waals surface area contributed by atoms with Crippen LogP contribution in [-0.4, -0.2) is 12.6 Å². The number of fused-ring (bicyclic) bond motifs is 1. The molecule has 0 aromatic heterocycles. The highest BCUT2D eigenvalue weighted by atomic mass is 19.4. The highest BCUT2D eigenvalue weighted by Gasteiger charge is 2.37. The zero-order valence-corrected chi connectivity index (χ0v) is 8.56. The molecule has 0 amide bonds. The van der Waals surface area contributed by atoms with Crippen LogP contribution < -0.4 is 10.2 Å². The number of hydrogen-bond donors (Lipinski definition) is 0. The van der Waals surface area contributed by atoms with Crippen molar-refractivity contribution in [3.63, 3.8) is 0 Å². The molecule has 0 fully saturated rings. The zero-order valence-electron chi connectivity index (χ0n) is 8.56. The Bertz CT molecular complexity index is 398. The number of hydrogen-bond acceptors (Lipinski definition) is 1. The number of para-hydroxylation sites is 1. The summed E-state index contributed by atoms with van der Waals surface area (Å²) in [5.74, 6) is 0.0231. The fraction of sp³-hybridized carbons (Fsp3) is 0.400. The van der Waals surface area contributed by atoms with Crippen molar-refractivity contribution in [3.8, 4) is 5.75 Å². The van der Waals surface area contributed by atoms with Crippen molar-refractivity contribution >= 4 is 12.4 Å². The van der Waals surface area contributed by atoms with Gasteiger partial charge in [0.2, 0.25) is 0 Å². The van der Waals surface area contributed by atoms with Crippen LogP contribution in [0.2, 0.25) is 0 Å². The molecule has 2 rings (SSSR count). The van der Waals surface area contributed by atoms with Crippen LogP contribution in [0.15, 0.2) is 18.2 Å². The Morgan fingerprint density at radius 1 is 1.27 bits per heavy atom.